The Bertz CT molecular complexity index is 843. The van der Waals surface area contributed by atoms with Crippen LogP contribution in [0.2, 0.25) is 0 Å². The minimum atomic E-state index is -0.681. The highest BCUT2D eigenvalue weighted by atomic mass is 35.5. The predicted octanol–water partition coefficient (Wildman–Crippen LogP) is 1.00. The van der Waals surface area contributed by atoms with Crippen molar-refractivity contribution in [2.75, 3.05) is 11.9 Å². The second kappa shape index (κ2) is 6.94. The third-order valence-corrected chi connectivity index (χ3v) is 5.73. The van der Waals surface area contributed by atoms with E-state index in [9.17, 15) is 19.2 Å². The van der Waals surface area contributed by atoms with Gasteiger partial charge in [-0.2, -0.15) is 0 Å². The van der Waals surface area contributed by atoms with Crippen LogP contribution in [0, 0.1) is 0 Å². The maximum atomic E-state index is 12.8. The van der Waals surface area contributed by atoms with Gasteiger partial charge in [0, 0.05) is 36.3 Å². The second-order valence-corrected chi connectivity index (χ2v) is 7.44. The van der Waals surface area contributed by atoms with E-state index in [1.165, 1.54) is 9.32 Å². The molecule has 9 heteroatoms. The predicted molar refractivity (Wildman–Crippen MR) is 96.7 cm³/mol. The van der Waals surface area contributed by atoms with Crippen molar-refractivity contribution in [2.45, 2.75) is 44.3 Å². The summed E-state index contributed by atoms with van der Waals surface area (Å²) >= 11 is 6.07. The summed E-state index contributed by atoms with van der Waals surface area (Å²) in [6.45, 7) is 0.875. The molecule has 1 unspecified atom stereocenters. The molecule has 0 saturated carbocycles. The van der Waals surface area contributed by atoms with E-state index in [1.807, 2.05) is 0 Å². The first kappa shape index (κ1) is 17.9. The topological polar surface area (TPSA) is 98.8 Å². The van der Waals surface area contributed by atoms with E-state index >= 15 is 0 Å². The number of anilines is 1. The van der Waals surface area contributed by atoms with Crippen molar-refractivity contribution in [2.24, 2.45) is 0 Å². The number of hydrogen-bond donors (Lipinski definition) is 2. The fourth-order valence-corrected chi connectivity index (χ4v) is 4.21. The zero-order chi connectivity index (χ0) is 19.1. The Morgan fingerprint density at radius 2 is 2.04 bits per heavy atom. The largest absolute Gasteiger partial charge is 0.324 e. The normalized spacial score (nSPS) is 25.5. The summed E-state index contributed by atoms with van der Waals surface area (Å²) in [7, 11) is 0. The Labute approximate surface area is 160 Å². The lowest BCUT2D eigenvalue weighted by Gasteiger charge is -2.29. The molecule has 8 nitrogen and oxygen atoms in total. The van der Waals surface area contributed by atoms with Crippen molar-refractivity contribution in [3.63, 3.8) is 0 Å². The van der Waals surface area contributed by atoms with Gasteiger partial charge in [0.15, 0.2) is 0 Å². The fourth-order valence-electron chi connectivity index (χ4n) is 3.91. The molecule has 0 radical (unpaired) electrons. The Morgan fingerprint density at radius 1 is 1.22 bits per heavy atom. The zero-order valence-electron chi connectivity index (χ0n) is 14.5. The van der Waals surface area contributed by atoms with Crippen molar-refractivity contribution < 1.29 is 19.2 Å². The summed E-state index contributed by atoms with van der Waals surface area (Å²) in [6, 6.07) is 4.05. The molecule has 0 spiro atoms. The van der Waals surface area contributed by atoms with Gasteiger partial charge in [0.05, 0.1) is 0 Å². The molecule has 1 aromatic rings. The van der Waals surface area contributed by atoms with Gasteiger partial charge < -0.3 is 10.2 Å². The highest BCUT2D eigenvalue weighted by Gasteiger charge is 2.40. The smallest absolute Gasteiger partial charge is 0.255 e. The summed E-state index contributed by atoms with van der Waals surface area (Å²) in [6.07, 6.45) is 2.05. The third-order valence-electron chi connectivity index (χ3n) is 5.33. The minimum absolute atomic E-state index is 0.202. The molecule has 3 aliphatic heterocycles. The molecular formula is C18H19ClN4O4. The maximum Gasteiger partial charge on any atom is 0.255 e. The van der Waals surface area contributed by atoms with E-state index in [4.69, 9.17) is 11.8 Å². The first-order chi connectivity index (χ1) is 13.0. The number of fused-ring (bicyclic) bond motifs is 1. The lowest BCUT2D eigenvalue weighted by molar-refractivity contribution is -0.137. The zero-order valence-corrected chi connectivity index (χ0v) is 15.3. The van der Waals surface area contributed by atoms with Gasteiger partial charge in [-0.25, -0.2) is 4.42 Å². The van der Waals surface area contributed by atoms with Gasteiger partial charge in [-0.1, -0.05) is 6.07 Å². The van der Waals surface area contributed by atoms with E-state index < -0.39 is 18.0 Å². The minimum Gasteiger partial charge on any atom is -0.324 e. The van der Waals surface area contributed by atoms with Crippen LogP contribution in [-0.2, 0) is 20.9 Å². The van der Waals surface area contributed by atoms with E-state index in [1.54, 1.807) is 18.2 Å². The first-order valence-corrected chi connectivity index (χ1v) is 9.29. The fraction of sp³-hybridized carbons (Fsp3) is 0.444. The van der Waals surface area contributed by atoms with Crippen LogP contribution in [0.15, 0.2) is 18.2 Å². The summed E-state index contributed by atoms with van der Waals surface area (Å²) in [5, 5.41) is 5.16. The van der Waals surface area contributed by atoms with Crippen LogP contribution in [0.3, 0.4) is 0 Å². The average molecular weight is 391 g/mol. The number of amides is 4. The van der Waals surface area contributed by atoms with E-state index in [2.05, 4.69) is 10.6 Å². The van der Waals surface area contributed by atoms with Crippen LogP contribution in [0.5, 0.6) is 0 Å². The number of rotatable bonds is 3. The van der Waals surface area contributed by atoms with Gasteiger partial charge in [-0.05, 0) is 43.2 Å². The lowest BCUT2D eigenvalue weighted by Crippen LogP contribution is -2.52. The molecule has 2 saturated heterocycles. The number of nitrogens with zero attached hydrogens (tertiary/aromatic N) is 2. The van der Waals surface area contributed by atoms with Gasteiger partial charge in [0.25, 0.3) is 5.91 Å². The number of imide groups is 1. The Hall–Kier alpha value is -2.45. The molecule has 1 aromatic carbocycles. The summed E-state index contributed by atoms with van der Waals surface area (Å²) in [5.41, 5.74) is 1.70. The van der Waals surface area contributed by atoms with Crippen molar-refractivity contribution in [3.8, 4) is 0 Å². The van der Waals surface area contributed by atoms with Crippen molar-refractivity contribution >= 4 is 41.1 Å². The first-order valence-electron chi connectivity index (χ1n) is 8.95. The highest BCUT2D eigenvalue weighted by molar-refractivity contribution is 6.16. The summed E-state index contributed by atoms with van der Waals surface area (Å²) in [5.74, 6) is -1.25. The molecule has 0 aliphatic carbocycles. The van der Waals surface area contributed by atoms with Crippen LogP contribution >= 0.6 is 11.8 Å². The Kier molecular flexibility index (Phi) is 4.61. The molecule has 0 aromatic heterocycles. The second-order valence-electron chi connectivity index (χ2n) is 7.00. The Morgan fingerprint density at radius 3 is 2.74 bits per heavy atom. The van der Waals surface area contributed by atoms with Gasteiger partial charge >= 0.3 is 0 Å². The van der Waals surface area contributed by atoms with Gasteiger partial charge in [-0.3, -0.25) is 24.5 Å². The van der Waals surface area contributed by atoms with Crippen molar-refractivity contribution in [1.29, 1.82) is 0 Å². The molecule has 2 N–H and O–H groups in total. The van der Waals surface area contributed by atoms with E-state index in [0.717, 1.165) is 6.42 Å². The van der Waals surface area contributed by atoms with Crippen molar-refractivity contribution in [1.82, 2.24) is 14.6 Å². The number of halogens is 1. The van der Waals surface area contributed by atoms with Crippen LogP contribution in [0.25, 0.3) is 0 Å². The molecule has 4 amide bonds. The number of hydrogen-bond acceptors (Lipinski definition) is 5. The van der Waals surface area contributed by atoms with Crippen molar-refractivity contribution in [3.05, 3.63) is 29.3 Å². The number of carbonyl (C=O) groups is 4. The molecule has 142 valence electrons. The van der Waals surface area contributed by atoms with Crippen LogP contribution < -0.4 is 10.6 Å². The molecule has 3 aliphatic rings. The monoisotopic (exact) mass is 390 g/mol. The standard InChI is InChI=1S/C18H19ClN4O4/c19-23-8-2-5-14(23)17(26)20-12-4-1-3-10-11(12)9-22(18(10)27)13-6-7-15(24)21-16(13)25/h1,3-4,13-14H,2,5-9H2,(H,20,26)(H,21,24,25)/t13?,14-/m0/s1. The lowest BCUT2D eigenvalue weighted by atomic mass is 10.0. The van der Waals surface area contributed by atoms with E-state index in [-0.39, 0.29) is 30.7 Å². The number of piperidine rings is 1. The number of benzene rings is 1. The molecule has 4 rings (SSSR count). The highest BCUT2D eigenvalue weighted by Crippen LogP contribution is 2.33. The molecule has 0 bridgehead atoms. The summed E-state index contributed by atoms with van der Waals surface area (Å²) in [4.78, 5) is 50.3. The van der Waals surface area contributed by atoms with Crippen LogP contribution in [-0.4, -0.2) is 51.6 Å². The quantitative estimate of drug-likeness (QED) is 0.592. The average Bonchev–Trinajstić information content (AvgIpc) is 3.20. The molecule has 2 atom stereocenters. The summed E-state index contributed by atoms with van der Waals surface area (Å²) < 4.78 is 1.50. The molecule has 27 heavy (non-hydrogen) atoms. The molecule has 3 heterocycles. The van der Waals surface area contributed by atoms with Gasteiger partial charge in [-0.15, -0.1) is 0 Å². The molecular weight excluding hydrogens is 372 g/mol. The maximum absolute atomic E-state index is 12.8. The Balaban J connectivity index is 1.55. The SMILES string of the molecule is O=C1CCC(N2Cc3c(NC(=O)[C@@H]4CCCN4Cl)cccc3C2=O)C(=O)N1. The number of carbonyl (C=O) groups excluding carboxylic acids is 4. The third kappa shape index (κ3) is 3.19. The van der Waals surface area contributed by atoms with Crippen LogP contribution in [0.1, 0.15) is 41.6 Å². The van der Waals surface area contributed by atoms with Crippen LogP contribution in [0.4, 0.5) is 5.69 Å². The van der Waals surface area contributed by atoms with Gasteiger partial charge in [0.2, 0.25) is 17.7 Å². The number of nitrogens with one attached hydrogen (secondary N) is 2. The van der Waals surface area contributed by atoms with E-state index in [0.29, 0.717) is 36.2 Å². The van der Waals surface area contributed by atoms with Gasteiger partial charge in [0.1, 0.15) is 12.1 Å². The molecule has 2 fully saturated rings.